The average Bonchev–Trinajstić information content (AvgIpc) is 2.64. The first-order chi connectivity index (χ1) is 7.66. The Balaban J connectivity index is 2.01. The summed E-state index contributed by atoms with van der Waals surface area (Å²) in [7, 11) is 0. The van der Waals surface area contributed by atoms with E-state index in [1.165, 1.54) is 0 Å². The van der Waals surface area contributed by atoms with Crippen molar-refractivity contribution >= 4 is 5.78 Å². The summed E-state index contributed by atoms with van der Waals surface area (Å²) in [6.45, 7) is 3.81. The fourth-order valence-corrected chi connectivity index (χ4v) is 2.13. The molecule has 86 valence electrons. The van der Waals surface area contributed by atoms with Gasteiger partial charge in [-0.3, -0.25) is 9.69 Å². The summed E-state index contributed by atoms with van der Waals surface area (Å²) >= 11 is 0. The van der Waals surface area contributed by atoms with Crippen LogP contribution in [0.25, 0.3) is 0 Å². The molecular formula is C13H17NO2. The smallest absolute Gasteiger partial charge is 0.177 e. The van der Waals surface area contributed by atoms with E-state index in [-0.39, 0.29) is 11.9 Å². The van der Waals surface area contributed by atoms with Crippen LogP contribution in [0.1, 0.15) is 22.3 Å². The van der Waals surface area contributed by atoms with Crippen molar-refractivity contribution in [3.8, 4) is 0 Å². The predicted octanol–water partition coefficient (Wildman–Crippen LogP) is 1.24. The average molecular weight is 219 g/mol. The molecule has 0 bridgehead atoms. The van der Waals surface area contributed by atoms with Crippen LogP contribution >= 0.6 is 0 Å². The highest BCUT2D eigenvalue weighted by atomic mass is 16.3. The summed E-state index contributed by atoms with van der Waals surface area (Å²) in [5.74, 6) is 0.146. The summed E-state index contributed by atoms with van der Waals surface area (Å²) in [6, 6.07) is 7.64. The van der Waals surface area contributed by atoms with E-state index in [1.54, 1.807) is 0 Å². The van der Waals surface area contributed by atoms with Gasteiger partial charge in [0.25, 0.3) is 0 Å². The van der Waals surface area contributed by atoms with Crippen molar-refractivity contribution in [3.05, 3.63) is 35.4 Å². The number of aliphatic hydroxyl groups excluding tert-OH is 1. The third-order valence-corrected chi connectivity index (χ3v) is 3.06. The Bertz CT molecular complexity index is 389. The summed E-state index contributed by atoms with van der Waals surface area (Å²) in [5, 5.41) is 9.38. The maximum atomic E-state index is 12.0. The molecule has 0 saturated carbocycles. The molecule has 1 saturated heterocycles. The first-order valence-electron chi connectivity index (χ1n) is 5.66. The van der Waals surface area contributed by atoms with Crippen molar-refractivity contribution in [3.63, 3.8) is 0 Å². The van der Waals surface area contributed by atoms with Crippen LogP contribution in [0.3, 0.4) is 0 Å². The lowest BCUT2D eigenvalue weighted by Gasteiger charge is -2.14. The van der Waals surface area contributed by atoms with Gasteiger partial charge in [-0.25, -0.2) is 0 Å². The standard InChI is InChI=1S/C13H17NO2/c1-10-4-2-3-5-12(10)13(16)9-14-7-6-11(15)8-14/h2-5,11,15H,6-9H2,1H3. The minimum absolute atomic E-state index is 0.146. The van der Waals surface area contributed by atoms with E-state index in [1.807, 2.05) is 36.1 Å². The Morgan fingerprint density at radius 2 is 2.25 bits per heavy atom. The summed E-state index contributed by atoms with van der Waals surface area (Å²) in [5.41, 5.74) is 1.82. The molecule has 1 aromatic rings. The number of carbonyl (C=O) groups is 1. The molecule has 1 N–H and O–H groups in total. The van der Waals surface area contributed by atoms with E-state index in [2.05, 4.69) is 0 Å². The number of rotatable bonds is 3. The number of aryl methyl sites for hydroxylation is 1. The lowest BCUT2D eigenvalue weighted by atomic mass is 10.0. The van der Waals surface area contributed by atoms with E-state index in [4.69, 9.17) is 0 Å². The quantitative estimate of drug-likeness (QED) is 0.778. The lowest BCUT2D eigenvalue weighted by molar-refractivity contribution is 0.0934. The number of β-amino-alcohol motifs (C(OH)–C–C–N with tert-alkyl or cyclic N) is 1. The molecular weight excluding hydrogens is 202 g/mol. The van der Waals surface area contributed by atoms with Gasteiger partial charge in [-0.1, -0.05) is 24.3 Å². The molecule has 0 aliphatic carbocycles. The Hall–Kier alpha value is -1.19. The van der Waals surface area contributed by atoms with E-state index in [0.29, 0.717) is 13.1 Å². The SMILES string of the molecule is Cc1ccccc1C(=O)CN1CCC(O)C1. The molecule has 0 radical (unpaired) electrons. The molecule has 1 aliphatic rings. The van der Waals surface area contributed by atoms with Crippen molar-refractivity contribution in [2.75, 3.05) is 19.6 Å². The van der Waals surface area contributed by atoms with Crippen LogP contribution in [0, 0.1) is 6.92 Å². The molecule has 16 heavy (non-hydrogen) atoms. The minimum Gasteiger partial charge on any atom is -0.392 e. The third kappa shape index (κ3) is 2.49. The Morgan fingerprint density at radius 3 is 2.88 bits per heavy atom. The van der Waals surface area contributed by atoms with Crippen molar-refractivity contribution in [2.45, 2.75) is 19.4 Å². The van der Waals surface area contributed by atoms with Crippen molar-refractivity contribution in [2.24, 2.45) is 0 Å². The summed E-state index contributed by atoms with van der Waals surface area (Å²) in [6.07, 6.45) is 0.519. The molecule has 1 aliphatic heterocycles. The maximum Gasteiger partial charge on any atom is 0.177 e. The molecule has 0 amide bonds. The van der Waals surface area contributed by atoms with E-state index in [9.17, 15) is 9.90 Å². The zero-order chi connectivity index (χ0) is 11.5. The number of ketones is 1. The van der Waals surface area contributed by atoms with Gasteiger partial charge in [-0.15, -0.1) is 0 Å². The molecule has 3 heteroatoms. The van der Waals surface area contributed by atoms with Gasteiger partial charge in [0, 0.05) is 18.7 Å². The van der Waals surface area contributed by atoms with Crippen molar-refractivity contribution < 1.29 is 9.90 Å². The molecule has 1 unspecified atom stereocenters. The van der Waals surface area contributed by atoms with Crippen LogP contribution < -0.4 is 0 Å². The van der Waals surface area contributed by atoms with Gasteiger partial charge in [0.05, 0.1) is 12.6 Å². The van der Waals surface area contributed by atoms with Gasteiger partial charge in [0.15, 0.2) is 5.78 Å². The number of likely N-dealkylation sites (tertiary alicyclic amines) is 1. The molecule has 0 spiro atoms. The monoisotopic (exact) mass is 219 g/mol. The van der Waals surface area contributed by atoms with Gasteiger partial charge in [0.1, 0.15) is 0 Å². The zero-order valence-electron chi connectivity index (χ0n) is 9.52. The van der Waals surface area contributed by atoms with Gasteiger partial charge in [-0.05, 0) is 18.9 Å². The molecule has 2 rings (SSSR count). The second-order valence-corrected chi connectivity index (χ2v) is 4.42. The molecule has 0 aromatic heterocycles. The number of carbonyl (C=O) groups excluding carboxylic acids is 1. The Morgan fingerprint density at radius 1 is 1.50 bits per heavy atom. The second kappa shape index (κ2) is 4.76. The fourth-order valence-electron chi connectivity index (χ4n) is 2.13. The molecule has 3 nitrogen and oxygen atoms in total. The van der Waals surface area contributed by atoms with Crippen LogP contribution in [0.15, 0.2) is 24.3 Å². The van der Waals surface area contributed by atoms with Crippen LogP contribution in [0.4, 0.5) is 0 Å². The van der Waals surface area contributed by atoms with Crippen LogP contribution in [0.5, 0.6) is 0 Å². The number of Topliss-reactive ketones (excluding diaryl/α,β-unsaturated/α-hetero) is 1. The molecule has 1 heterocycles. The largest absolute Gasteiger partial charge is 0.392 e. The Kier molecular flexibility index (Phi) is 3.36. The lowest BCUT2D eigenvalue weighted by Crippen LogP contribution is -2.28. The van der Waals surface area contributed by atoms with Crippen molar-refractivity contribution in [1.29, 1.82) is 0 Å². The fraction of sp³-hybridized carbons (Fsp3) is 0.462. The minimum atomic E-state index is -0.260. The molecule has 1 atom stereocenters. The van der Waals surface area contributed by atoms with Gasteiger partial charge in [0.2, 0.25) is 0 Å². The first-order valence-corrected chi connectivity index (χ1v) is 5.66. The predicted molar refractivity (Wildman–Crippen MR) is 62.6 cm³/mol. The number of hydrogen-bond acceptors (Lipinski definition) is 3. The van der Waals surface area contributed by atoms with Gasteiger partial charge < -0.3 is 5.11 Å². The van der Waals surface area contributed by atoms with Gasteiger partial charge >= 0.3 is 0 Å². The van der Waals surface area contributed by atoms with Crippen LogP contribution in [-0.2, 0) is 0 Å². The van der Waals surface area contributed by atoms with Gasteiger partial charge in [-0.2, -0.15) is 0 Å². The van der Waals surface area contributed by atoms with E-state index < -0.39 is 0 Å². The first kappa shape index (κ1) is 11.3. The Labute approximate surface area is 95.7 Å². The number of benzene rings is 1. The van der Waals surface area contributed by atoms with E-state index in [0.717, 1.165) is 24.1 Å². The topological polar surface area (TPSA) is 40.5 Å². The molecule has 1 aromatic carbocycles. The highest BCUT2D eigenvalue weighted by molar-refractivity contribution is 5.98. The number of hydrogen-bond donors (Lipinski definition) is 1. The maximum absolute atomic E-state index is 12.0. The highest BCUT2D eigenvalue weighted by Crippen LogP contribution is 2.12. The van der Waals surface area contributed by atoms with Crippen molar-refractivity contribution in [1.82, 2.24) is 4.90 Å². The zero-order valence-corrected chi connectivity index (χ0v) is 9.52. The van der Waals surface area contributed by atoms with Crippen LogP contribution in [0.2, 0.25) is 0 Å². The summed E-state index contributed by atoms with van der Waals surface area (Å²) < 4.78 is 0. The normalized spacial score (nSPS) is 21.2. The summed E-state index contributed by atoms with van der Waals surface area (Å²) in [4.78, 5) is 14.0. The second-order valence-electron chi connectivity index (χ2n) is 4.42. The number of aliphatic hydroxyl groups is 1. The van der Waals surface area contributed by atoms with E-state index >= 15 is 0 Å². The van der Waals surface area contributed by atoms with Crippen LogP contribution in [-0.4, -0.2) is 41.5 Å². The number of nitrogens with zero attached hydrogens (tertiary/aromatic N) is 1. The third-order valence-electron chi connectivity index (χ3n) is 3.06. The molecule has 1 fully saturated rings. The highest BCUT2D eigenvalue weighted by Gasteiger charge is 2.22.